The van der Waals surface area contributed by atoms with E-state index in [1.165, 1.54) is 25.1 Å². The van der Waals surface area contributed by atoms with E-state index >= 15 is 0 Å². The van der Waals surface area contributed by atoms with Crippen molar-refractivity contribution in [1.82, 2.24) is 5.32 Å². The minimum Gasteiger partial charge on any atom is -0.481 e. The zero-order valence-electron chi connectivity index (χ0n) is 13.4. The number of carbonyl (C=O) groups excluding carboxylic acids is 1. The number of hydrogen-bond acceptors (Lipinski definition) is 3. The van der Waals surface area contributed by atoms with Gasteiger partial charge in [-0.2, -0.15) is 0 Å². The molecule has 0 fully saturated rings. The number of rotatable bonds is 6. The molecule has 1 atom stereocenters. The van der Waals surface area contributed by atoms with Crippen LogP contribution in [0.1, 0.15) is 12.5 Å². The molecule has 9 heteroatoms. The highest BCUT2D eigenvalue weighted by atomic mass is 19.4. The topological polar surface area (TPSA) is 47.6 Å². The maximum atomic E-state index is 13.1. The first-order valence-corrected chi connectivity index (χ1v) is 7.39. The highest BCUT2D eigenvalue weighted by Crippen LogP contribution is 2.26. The van der Waals surface area contributed by atoms with Crippen LogP contribution >= 0.6 is 0 Å². The van der Waals surface area contributed by atoms with Gasteiger partial charge in [-0.3, -0.25) is 4.79 Å². The number of para-hydroxylation sites is 1. The van der Waals surface area contributed by atoms with Crippen LogP contribution < -0.4 is 14.8 Å². The van der Waals surface area contributed by atoms with Gasteiger partial charge in [0.1, 0.15) is 11.5 Å². The molecular formula is C17H14F5NO3. The van der Waals surface area contributed by atoms with E-state index in [1.54, 1.807) is 0 Å². The molecule has 0 aliphatic rings. The van der Waals surface area contributed by atoms with Gasteiger partial charge in [0.15, 0.2) is 17.7 Å². The summed E-state index contributed by atoms with van der Waals surface area (Å²) in [6, 6.07) is 8.12. The van der Waals surface area contributed by atoms with Crippen LogP contribution in [0.25, 0.3) is 0 Å². The summed E-state index contributed by atoms with van der Waals surface area (Å²) in [5.74, 6) is -3.34. The number of nitrogens with one attached hydrogen (secondary N) is 1. The van der Waals surface area contributed by atoms with E-state index in [0.29, 0.717) is 0 Å². The first-order valence-electron chi connectivity index (χ1n) is 7.39. The minimum absolute atomic E-state index is 0.0626. The van der Waals surface area contributed by atoms with Crippen molar-refractivity contribution >= 4 is 5.91 Å². The maximum Gasteiger partial charge on any atom is 0.573 e. The summed E-state index contributed by atoms with van der Waals surface area (Å²) in [7, 11) is 0. The molecule has 2 aromatic rings. The monoisotopic (exact) mass is 375 g/mol. The second kappa shape index (κ2) is 8.03. The van der Waals surface area contributed by atoms with E-state index in [-0.39, 0.29) is 17.9 Å². The van der Waals surface area contributed by atoms with Gasteiger partial charge in [-0.25, -0.2) is 8.78 Å². The van der Waals surface area contributed by atoms with Crippen molar-refractivity contribution in [2.24, 2.45) is 0 Å². The fourth-order valence-corrected chi connectivity index (χ4v) is 2.01. The molecule has 1 N–H and O–H groups in total. The van der Waals surface area contributed by atoms with Crippen LogP contribution in [0.15, 0.2) is 42.5 Å². The summed E-state index contributed by atoms with van der Waals surface area (Å²) in [6.45, 7) is 1.12. The number of carbonyl (C=O) groups is 1. The molecule has 0 spiro atoms. The molecule has 0 saturated carbocycles. The SMILES string of the molecule is CC(Oc1ccc(F)c(F)c1)C(=O)NCc1ccccc1OC(F)(F)F. The van der Waals surface area contributed by atoms with Crippen molar-refractivity contribution in [2.75, 3.05) is 0 Å². The van der Waals surface area contributed by atoms with Gasteiger partial charge in [0.25, 0.3) is 5.91 Å². The molecule has 140 valence electrons. The Bertz CT molecular complexity index is 779. The predicted octanol–water partition coefficient (Wildman–Crippen LogP) is 3.95. The van der Waals surface area contributed by atoms with Crippen molar-refractivity contribution in [2.45, 2.75) is 25.9 Å². The molecule has 1 unspecified atom stereocenters. The van der Waals surface area contributed by atoms with Crippen molar-refractivity contribution in [3.05, 3.63) is 59.7 Å². The fraction of sp³-hybridized carbons (Fsp3) is 0.235. The Morgan fingerprint density at radius 1 is 1.12 bits per heavy atom. The Morgan fingerprint density at radius 3 is 2.46 bits per heavy atom. The summed E-state index contributed by atoms with van der Waals surface area (Å²) in [6.07, 6.45) is -5.95. The number of hydrogen-bond donors (Lipinski definition) is 1. The zero-order valence-corrected chi connectivity index (χ0v) is 13.4. The van der Waals surface area contributed by atoms with Gasteiger partial charge in [0.05, 0.1) is 0 Å². The lowest BCUT2D eigenvalue weighted by Crippen LogP contribution is -2.36. The quantitative estimate of drug-likeness (QED) is 0.778. The average molecular weight is 375 g/mol. The molecule has 2 aromatic carbocycles. The molecular weight excluding hydrogens is 361 g/mol. The Kier molecular flexibility index (Phi) is 6.01. The summed E-state index contributed by atoms with van der Waals surface area (Å²) in [5.41, 5.74) is 0.109. The van der Waals surface area contributed by atoms with Crippen LogP contribution in [0.4, 0.5) is 22.0 Å². The van der Waals surface area contributed by atoms with Gasteiger partial charge >= 0.3 is 6.36 Å². The summed E-state index contributed by atoms with van der Waals surface area (Å²) < 4.78 is 72.1. The van der Waals surface area contributed by atoms with Crippen LogP contribution in [0.2, 0.25) is 0 Å². The lowest BCUT2D eigenvalue weighted by atomic mass is 10.2. The Hall–Kier alpha value is -2.84. The second-order valence-corrected chi connectivity index (χ2v) is 5.21. The predicted molar refractivity (Wildman–Crippen MR) is 81.4 cm³/mol. The molecule has 1 amide bonds. The molecule has 0 heterocycles. The minimum atomic E-state index is -4.86. The second-order valence-electron chi connectivity index (χ2n) is 5.21. The number of ether oxygens (including phenoxy) is 2. The molecule has 0 saturated heterocycles. The third-order valence-electron chi connectivity index (χ3n) is 3.22. The number of halogens is 5. The van der Waals surface area contributed by atoms with Crippen molar-refractivity contribution in [3.8, 4) is 11.5 Å². The summed E-state index contributed by atoms with van der Waals surface area (Å²) in [4.78, 5) is 12.0. The Labute approximate surface area is 145 Å². The van der Waals surface area contributed by atoms with Gasteiger partial charge in [-0.1, -0.05) is 18.2 Å². The van der Waals surface area contributed by atoms with Crippen molar-refractivity contribution in [3.63, 3.8) is 0 Å². The van der Waals surface area contributed by atoms with Crippen LogP contribution in [-0.2, 0) is 11.3 Å². The maximum absolute atomic E-state index is 13.1. The number of alkyl halides is 3. The van der Waals surface area contributed by atoms with Crippen LogP contribution in [-0.4, -0.2) is 18.4 Å². The highest BCUT2D eigenvalue weighted by molar-refractivity contribution is 5.80. The molecule has 26 heavy (non-hydrogen) atoms. The standard InChI is InChI=1S/C17H14F5NO3/c1-10(25-12-6-7-13(18)14(19)8-12)16(24)23-9-11-4-2-3-5-15(11)26-17(20,21)22/h2-8,10H,9H2,1H3,(H,23,24). The third kappa shape index (κ3) is 5.61. The van der Waals surface area contributed by atoms with E-state index in [9.17, 15) is 26.7 Å². The lowest BCUT2D eigenvalue weighted by Gasteiger charge is -2.16. The van der Waals surface area contributed by atoms with Gasteiger partial charge in [0, 0.05) is 18.2 Å². The van der Waals surface area contributed by atoms with E-state index in [4.69, 9.17) is 4.74 Å². The van der Waals surface area contributed by atoms with Gasteiger partial charge < -0.3 is 14.8 Å². The lowest BCUT2D eigenvalue weighted by molar-refractivity contribution is -0.274. The molecule has 2 rings (SSSR count). The molecule has 0 aliphatic heterocycles. The third-order valence-corrected chi connectivity index (χ3v) is 3.22. The average Bonchev–Trinajstić information content (AvgIpc) is 2.55. The van der Waals surface area contributed by atoms with Crippen molar-refractivity contribution in [1.29, 1.82) is 0 Å². The van der Waals surface area contributed by atoms with E-state index in [0.717, 1.165) is 24.3 Å². The number of benzene rings is 2. The first kappa shape index (κ1) is 19.5. The van der Waals surface area contributed by atoms with E-state index < -0.39 is 35.8 Å². The van der Waals surface area contributed by atoms with Gasteiger partial charge in [-0.15, -0.1) is 13.2 Å². The van der Waals surface area contributed by atoms with Gasteiger partial charge in [-0.05, 0) is 25.1 Å². The van der Waals surface area contributed by atoms with Crippen LogP contribution in [0.3, 0.4) is 0 Å². The largest absolute Gasteiger partial charge is 0.573 e. The van der Waals surface area contributed by atoms with E-state index in [1.807, 2.05) is 0 Å². The summed E-state index contributed by atoms with van der Waals surface area (Å²) in [5, 5.41) is 2.39. The smallest absolute Gasteiger partial charge is 0.481 e. The molecule has 0 bridgehead atoms. The Balaban J connectivity index is 1.96. The van der Waals surface area contributed by atoms with Gasteiger partial charge in [0.2, 0.25) is 0 Å². The molecule has 0 radical (unpaired) electrons. The van der Waals surface area contributed by atoms with Crippen LogP contribution in [0, 0.1) is 11.6 Å². The summed E-state index contributed by atoms with van der Waals surface area (Å²) >= 11 is 0. The van der Waals surface area contributed by atoms with Crippen LogP contribution in [0.5, 0.6) is 11.5 Å². The normalized spacial score (nSPS) is 12.4. The zero-order chi connectivity index (χ0) is 19.3. The molecule has 0 aliphatic carbocycles. The fourth-order valence-electron chi connectivity index (χ4n) is 2.01. The first-order chi connectivity index (χ1) is 12.2. The molecule has 4 nitrogen and oxygen atoms in total. The Morgan fingerprint density at radius 2 is 1.81 bits per heavy atom. The molecule has 0 aromatic heterocycles. The highest BCUT2D eigenvalue weighted by Gasteiger charge is 2.32. The van der Waals surface area contributed by atoms with E-state index in [2.05, 4.69) is 10.1 Å². The van der Waals surface area contributed by atoms with Crippen molar-refractivity contribution < 1.29 is 36.2 Å². The number of amides is 1.